The molecule has 0 aliphatic rings. The number of nitrogens with zero attached hydrogens (tertiary/aromatic N) is 1. The standard InChI is InChI=1S/C14H26N6O5/c1-8(22)11(5-12(23)24)19-6-9(7-21)20-13(25)10(15)3-2-4-18-14(16)17/h7,9-11,19H,2-6,15H2,1H3,(H,20,25)(H,23,24)(H4,16,17,18)/t9?,10-,11-/m0/s1. The van der Waals surface area contributed by atoms with E-state index in [9.17, 15) is 19.2 Å². The fourth-order valence-corrected chi connectivity index (χ4v) is 1.88. The van der Waals surface area contributed by atoms with Crippen molar-refractivity contribution < 1.29 is 24.3 Å². The maximum atomic E-state index is 11.9. The summed E-state index contributed by atoms with van der Waals surface area (Å²) >= 11 is 0. The molecule has 0 fully saturated rings. The number of hydrogen-bond donors (Lipinski definition) is 6. The lowest BCUT2D eigenvalue weighted by molar-refractivity contribution is -0.139. The predicted molar refractivity (Wildman–Crippen MR) is 90.6 cm³/mol. The summed E-state index contributed by atoms with van der Waals surface area (Å²) in [7, 11) is 0. The van der Waals surface area contributed by atoms with Gasteiger partial charge >= 0.3 is 5.97 Å². The van der Waals surface area contributed by atoms with Crippen LogP contribution in [0, 0.1) is 0 Å². The van der Waals surface area contributed by atoms with E-state index in [0.717, 1.165) is 0 Å². The van der Waals surface area contributed by atoms with Crippen LogP contribution in [-0.2, 0) is 19.2 Å². The van der Waals surface area contributed by atoms with Crippen LogP contribution < -0.4 is 27.8 Å². The highest BCUT2D eigenvalue weighted by Crippen LogP contribution is 1.97. The first-order valence-electron chi connectivity index (χ1n) is 7.69. The van der Waals surface area contributed by atoms with Crippen molar-refractivity contribution in [2.45, 2.75) is 44.3 Å². The Balaban J connectivity index is 4.39. The van der Waals surface area contributed by atoms with Crippen LogP contribution in [0.4, 0.5) is 0 Å². The first-order chi connectivity index (χ1) is 11.7. The fraction of sp³-hybridized carbons (Fsp3) is 0.643. The van der Waals surface area contributed by atoms with Crippen LogP contribution in [0.1, 0.15) is 26.2 Å². The molecule has 3 atom stereocenters. The molecule has 0 aromatic carbocycles. The molecule has 0 heterocycles. The summed E-state index contributed by atoms with van der Waals surface area (Å²) in [6, 6.07) is -2.73. The van der Waals surface area contributed by atoms with Crippen molar-refractivity contribution in [3.63, 3.8) is 0 Å². The molecular weight excluding hydrogens is 332 g/mol. The van der Waals surface area contributed by atoms with Gasteiger partial charge in [-0.2, -0.15) is 0 Å². The van der Waals surface area contributed by atoms with Crippen LogP contribution in [0.25, 0.3) is 0 Å². The smallest absolute Gasteiger partial charge is 0.305 e. The number of nitrogens with one attached hydrogen (secondary N) is 2. The molecule has 0 aliphatic heterocycles. The van der Waals surface area contributed by atoms with Gasteiger partial charge in [0.2, 0.25) is 5.91 Å². The highest BCUT2D eigenvalue weighted by Gasteiger charge is 2.21. The number of nitrogens with two attached hydrogens (primary N) is 3. The molecule has 0 radical (unpaired) electrons. The second-order valence-corrected chi connectivity index (χ2v) is 5.48. The Bertz CT molecular complexity index is 506. The molecule has 11 heteroatoms. The van der Waals surface area contributed by atoms with Gasteiger partial charge in [-0.15, -0.1) is 0 Å². The van der Waals surface area contributed by atoms with E-state index in [0.29, 0.717) is 25.7 Å². The van der Waals surface area contributed by atoms with Gasteiger partial charge < -0.3 is 37.7 Å². The SMILES string of the molecule is CC(=O)[C@H](CC(=O)O)NCC(C=O)NC(=O)[C@@H](N)CCCN=C(N)N. The molecule has 0 saturated heterocycles. The van der Waals surface area contributed by atoms with Crippen molar-refractivity contribution in [3.05, 3.63) is 0 Å². The number of carboxylic acid groups (broad SMARTS) is 1. The van der Waals surface area contributed by atoms with Crippen molar-refractivity contribution in [3.8, 4) is 0 Å². The predicted octanol–water partition coefficient (Wildman–Crippen LogP) is -2.93. The van der Waals surface area contributed by atoms with Gasteiger partial charge in [0.05, 0.1) is 24.5 Å². The molecule has 11 nitrogen and oxygen atoms in total. The summed E-state index contributed by atoms with van der Waals surface area (Å²) in [6.07, 6.45) is 0.867. The number of aldehydes is 1. The van der Waals surface area contributed by atoms with Crippen LogP contribution in [-0.4, -0.2) is 66.2 Å². The number of aliphatic imine (C=N–C) groups is 1. The zero-order valence-electron chi connectivity index (χ0n) is 14.1. The van der Waals surface area contributed by atoms with E-state index in [1.807, 2.05) is 0 Å². The van der Waals surface area contributed by atoms with Crippen molar-refractivity contribution in [1.29, 1.82) is 0 Å². The van der Waals surface area contributed by atoms with Crippen molar-refractivity contribution in [2.75, 3.05) is 13.1 Å². The molecule has 9 N–H and O–H groups in total. The van der Waals surface area contributed by atoms with Crippen LogP contribution in [0.5, 0.6) is 0 Å². The van der Waals surface area contributed by atoms with Gasteiger partial charge in [0.1, 0.15) is 12.1 Å². The fourth-order valence-electron chi connectivity index (χ4n) is 1.88. The molecule has 0 aromatic heterocycles. The molecule has 1 amide bonds. The molecule has 0 rings (SSSR count). The van der Waals surface area contributed by atoms with Gasteiger partial charge in [0, 0.05) is 13.1 Å². The molecule has 0 spiro atoms. The minimum atomic E-state index is -1.15. The molecular formula is C14H26N6O5. The van der Waals surface area contributed by atoms with Gasteiger partial charge in [0.15, 0.2) is 5.96 Å². The lowest BCUT2D eigenvalue weighted by Crippen LogP contribution is -2.51. The van der Waals surface area contributed by atoms with E-state index in [1.165, 1.54) is 6.92 Å². The van der Waals surface area contributed by atoms with Gasteiger partial charge in [-0.3, -0.25) is 19.4 Å². The van der Waals surface area contributed by atoms with Gasteiger partial charge in [-0.25, -0.2) is 0 Å². The van der Waals surface area contributed by atoms with Crippen LogP contribution in [0.3, 0.4) is 0 Å². The van der Waals surface area contributed by atoms with Crippen molar-refractivity contribution >= 4 is 29.9 Å². The van der Waals surface area contributed by atoms with E-state index in [1.54, 1.807) is 0 Å². The van der Waals surface area contributed by atoms with E-state index >= 15 is 0 Å². The Morgan fingerprint density at radius 1 is 1.28 bits per heavy atom. The zero-order valence-corrected chi connectivity index (χ0v) is 14.1. The normalized spacial score (nSPS) is 14.0. The number of rotatable bonds is 13. The summed E-state index contributed by atoms with van der Waals surface area (Å²) in [5.41, 5.74) is 16.1. The molecule has 142 valence electrons. The minimum Gasteiger partial charge on any atom is -0.481 e. The summed E-state index contributed by atoms with van der Waals surface area (Å²) in [4.78, 5) is 48.8. The summed E-state index contributed by atoms with van der Waals surface area (Å²) in [5.74, 6) is -2.12. The van der Waals surface area contributed by atoms with E-state index < -0.39 is 36.4 Å². The third-order valence-electron chi connectivity index (χ3n) is 3.25. The number of guanidine groups is 1. The first kappa shape index (κ1) is 22.5. The van der Waals surface area contributed by atoms with E-state index in [2.05, 4.69) is 15.6 Å². The number of Topliss-reactive ketones (excluding diaryl/α,β-unsaturated/α-hetero) is 1. The van der Waals surface area contributed by atoms with Crippen LogP contribution >= 0.6 is 0 Å². The van der Waals surface area contributed by atoms with Gasteiger partial charge in [-0.05, 0) is 19.8 Å². The number of carboxylic acids is 1. The Labute approximate surface area is 145 Å². The molecule has 25 heavy (non-hydrogen) atoms. The summed E-state index contributed by atoms with van der Waals surface area (Å²) < 4.78 is 0. The summed E-state index contributed by atoms with van der Waals surface area (Å²) in [5, 5.41) is 13.8. The molecule has 1 unspecified atom stereocenters. The number of ketones is 1. The molecule has 0 aliphatic carbocycles. The second-order valence-electron chi connectivity index (χ2n) is 5.48. The lowest BCUT2D eigenvalue weighted by atomic mass is 10.1. The Morgan fingerprint density at radius 2 is 1.92 bits per heavy atom. The maximum absolute atomic E-state index is 11.9. The van der Waals surface area contributed by atoms with Crippen molar-refractivity contribution in [2.24, 2.45) is 22.2 Å². The number of carbonyl (C=O) groups is 4. The second kappa shape index (κ2) is 11.9. The van der Waals surface area contributed by atoms with Crippen molar-refractivity contribution in [1.82, 2.24) is 10.6 Å². The minimum absolute atomic E-state index is 0.0495. The largest absolute Gasteiger partial charge is 0.481 e. The average molecular weight is 358 g/mol. The number of hydrogen-bond acceptors (Lipinski definition) is 7. The Hall–Kier alpha value is -2.53. The third-order valence-corrected chi connectivity index (χ3v) is 3.25. The monoisotopic (exact) mass is 358 g/mol. The highest BCUT2D eigenvalue weighted by molar-refractivity contribution is 5.86. The van der Waals surface area contributed by atoms with Gasteiger partial charge in [0.25, 0.3) is 0 Å². The Kier molecular flexibility index (Phi) is 10.7. The Morgan fingerprint density at radius 3 is 2.40 bits per heavy atom. The molecule has 0 bridgehead atoms. The van der Waals surface area contributed by atoms with E-state index in [4.69, 9.17) is 22.3 Å². The summed E-state index contributed by atoms with van der Waals surface area (Å²) in [6.45, 7) is 1.48. The zero-order chi connectivity index (χ0) is 19.4. The number of carbonyl (C=O) groups excluding carboxylic acids is 3. The highest BCUT2D eigenvalue weighted by atomic mass is 16.4. The third kappa shape index (κ3) is 10.8. The molecule has 0 saturated carbocycles. The number of amides is 1. The van der Waals surface area contributed by atoms with E-state index in [-0.39, 0.29) is 18.3 Å². The average Bonchev–Trinajstić information content (AvgIpc) is 2.52. The topological polar surface area (TPSA) is 203 Å². The maximum Gasteiger partial charge on any atom is 0.305 e. The number of aliphatic carboxylic acids is 1. The lowest BCUT2D eigenvalue weighted by Gasteiger charge is -2.19. The van der Waals surface area contributed by atoms with Gasteiger partial charge in [-0.1, -0.05) is 0 Å². The quantitative estimate of drug-likeness (QED) is 0.0861. The first-order valence-corrected chi connectivity index (χ1v) is 7.69. The van der Waals surface area contributed by atoms with Crippen LogP contribution in [0.15, 0.2) is 4.99 Å². The van der Waals surface area contributed by atoms with Crippen LogP contribution in [0.2, 0.25) is 0 Å². The molecule has 0 aromatic rings.